The lowest BCUT2D eigenvalue weighted by Crippen LogP contribution is -2.30. The Bertz CT molecular complexity index is 1160. The molecule has 146 valence electrons. The van der Waals surface area contributed by atoms with Gasteiger partial charge in [-0.05, 0) is 60.7 Å². The summed E-state index contributed by atoms with van der Waals surface area (Å²) >= 11 is 1.58. The Hall–Kier alpha value is -2.98. The van der Waals surface area contributed by atoms with Crippen LogP contribution in [0.4, 0.5) is 5.13 Å². The van der Waals surface area contributed by atoms with Gasteiger partial charge in [-0.1, -0.05) is 66.8 Å². The number of rotatable bonds is 5. The zero-order valence-corrected chi connectivity index (χ0v) is 17.8. The average molecular weight is 401 g/mol. The average Bonchev–Trinajstić information content (AvgIpc) is 3.18. The summed E-state index contributed by atoms with van der Waals surface area (Å²) in [5.74, 6) is -0.0194. The van der Waals surface area contributed by atoms with E-state index in [9.17, 15) is 4.79 Å². The van der Waals surface area contributed by atoms with Crippen LogP contribution in [0.15, 0.2) is 66.7 Å². The van der Waals surface area contributed by atoms with Gasteiger partial charge in [0, 0.05) is 5.56 Å². The number of carbonyl (C=O) groups excluding carboxylic acids is 1. The molecule has 1 heterocycles. The summed E-state index contributed by atoms with van der Waals surface area (Å²) in [6, 6.07) is 22.2. The Morgan fingerprint density at radius 3 is 2.48 bits per heavy atom. The Kier molecular flexibility index (Phi) is 5.45. The van der Waals surface area contributed by atoms with Crippen LogP contribution in [-0.2, 0) is 13.0 Å². The maximum Gasteiger partial charge on any atom is 0.260 e. The molecule has 0 aliphatic rings. The smallest absolute Gasteiger partial charge is 0.260 e. The molecule has 1 aromatic heterocycles. The third kappa shape index (κ3) is 3.94. The minimum absolute atomic E-state index is 0.0194. The van der Waals surface area contributed by atoms with Gasteiger partial charge in [0.2, 0.25) is 0 Å². The van der Waals surface area contributed by atoms with Gasteiger partial charge in [-0.15, -0.1) is 0 Å². The number of hydrogen-bond acceptors (Lipinski definition) is 3. The Morgan fingerprint density at radius 2 is 1.76 bits per heavy atom. The van der Waals surface area contributed by atoms with E-state index in [0.717, 1.165) is 32.9 Å². The fourth-order valence-corrected chi connectivity index (χ4v) is 4.43. The normalized spacial score (nSPS) is 11.0. The highest BCUT2D eigenvalue weighted by molar-refractivity contribution is 7.22. The van der Waals surface area contributed by atoms with Crippen LogP contribution in [0.3, 0.4) is 0 Å². The number of aromatic nitrogens is 1. The van der Waals surface area contributed by atoms with Gasteiger partial charge in [-0.3, -0.25) is 9.69 Å². The van der Waals surface area contributed by atoms with Crippen LogP contribution in [0.5, 0.6) is 0 Å². The van der Waals surface area contributed by atoms with E-state index in [-0.39, 0.29) is 5.91 Å². The first-order valence-electron chi connectivity index (χ1n) is 9.88. The van der Waals surface area contributed by atoms with Crippen molar-refractivity contribution in [2.24, 2.45) is 0 Å². The second kappa shape index (κ2) is 8.18. The Morgan fingerprint density at radius 1 is 0.966 bits per heavy atom. The number of hydrogen-bond donors (Lipinski definition) is 0. The second-order valence-electron chi connectivity index (χ2n) is 7.29. The quantitative estimate of drug-likeness (QED) is 0.392. The third-order valence-electron chi connectivity index (χ3n) is 5.29. The molecule has 0 aliphatic carbocycles. The number of para-hydroxylation sites is 1. The van der Waals surface area contributed by atoms with E-state index in [2.05, 4.69) is 32.0 Å². The van der Waals surface area contributed by atoms with Gasteiger partial charge in [0.25, 0.3) is 5.91 Å². The topological polar surface area (TPSA) is 33.2 Å². The van der Waals surface area contributed by atoms with Crippen molar-refractivity contribution in [2.75, 3.05) is 4.90 Å². The predicted molar refractivity (Wildman–Crippen MR) is 122 cm³/mol. The highest BCUT2D eigenvalue weighted by atomic mass is 32.1. The van der Waals surface area contributed by atoms with Crippen molar-refractivity contribution in [1.29, 1.82) is 0 Å². The van der Waals surface area contributed by atoms with Gasteiger partial charge in [-0.25, -0.2) is 4.98 Å². The van der Waals surface area contributed by atoms with Crippen LogP contribution in [0.1, 0.15) is 39.5 Å². The largest absolute Gasteiger partial charge is 0.279 e. The SMILES string of the molecule is CCc1cccc2sc(N(Cc3ccccc3)C(=O)c3ccc(C)c(C)c3)nc12. The third-order valence-corrected chi connectivity index (χ3v) is 6.33. The standard InChI is InChI=1S/C25H24N2OS/c1-4-20-11-8-12-22-23(20)26-25(29-22)27(16-19-9-6-5-7-10-19)24(28)21-14-13-17(2)18(3)15-21/h5-15H,4,16H2,1-3H3. The van der Waals surface area contributed by atoms with Gasteiger partial charge in [-0.2, -0.15) is 0 Å². The van der Waals surface area contributed by atoms with E-state index >= 15 is 0 Å². The van der Waals surface area contributed by atoms with E-state index in [1.165, 1.54) is 11.1 Å². The van der Waals surface area contributed by atoms with Gasteiger partial charge >= 0.3 is 0 Å². The first-order valence-corrected chi connectivity index (χ1v) is 10.7. The summed E-state index contributed by atoms with van der Waals surface area (Å²) in [6.07, 6.45) is 0.921. The summed E-state index contributed by atoms with van der Waals surface area (Å²) in [6.45, 7) is 6.73. The van der Waals surface area contributed by atoms with Crippen molar-refractivity contribution in [3.63, 3.8) is 0 Å². The van der Waals surface area contributed by atoms with E-state index in [1.807, 2.05) is 60.4 Å². The minimum Gasteiger partial charge on any atom is -0.279 e. The van der Waals surface area contributed by atoms with Gasteiger partial charge in [0.05, 0.1) is 16.8 Å². The maximum absolute atomic E-state index is 13.5. The fraction of sp³-hybridized carbons (Fsp3) is 0.200. The number of fused-ring (bicyclic) bond motifs is 1. The maximum atomic E-state index is 13.5. The summed E-state index contributed by atoms with van der Waals surface area (Å²) in [5, 5.41) is 0.744. The van der Waals surface area contributed by atoms with Gasteiger partial charge in [0.1, 0.15) is 0 Å². The van der Waals surface area contributed by atoms with Crippen LogP contribution in [0.2, 0.25) is 0 Å². The summed E-state index contributed by atoms with van der Waals surface area (Å²) in [5.41, 5.74) is 6.29. The number of thiazole rings is 1. The molecule has 3 nitrogen and oxygen atoms in total. The number of benzene rings is 3. The molecule has 4 rings (SSSR count). The lowest BCUT2D eigenvalue weighted by molar-refractivity contribution is 0.0985. The molecule has 1 amide bonds. The number of aryl methyl sites for hydroxylation is 3. The first-order chi connectivity index (χ1) is 14.1. The van der Waals surface area contributed by atoms with Crippen molar-refractivity contribution in [3.05, 3.63) is 94.5 Å². The van der Waals surface area contributed by atoms with Gasteiger partial charge < -0.3 is 0 Å². The zero-order valence-electron chi connectivity index (χ0n) is 17.0. The lowest BCUT2D eigenvalue weighted by atomic mass is 10.1. The number of nitrogens with zero attached hydrogens (tertiary/aromatic N) is 2. The Labute approximate surface area is 175 Å². The first kappa shape index (κ1) is 19.3. The van der Waals surface area contributed by atoms with Crippen molar-refractivity contribution < 1.29 is 4.79 Å². The number of anilines is 1. The molecule has 0 radical (unpaired) electrons. The molecule has 3 aromatic carbocycles. The van der Waals surface area contributed by atoms with Crippen LogP contribution in [0.25, 0.3) is 10.2 Å². The number of carbonyl (C=O) groups is 1. The van der Waals surface area contributed by atoms with Crippen molar-refractivity contribution in [2.45, 2.75) is 33.7 Å². The molecule has 4 aromatic rings. The monoisotopic (exact) mass is 400 g/mol. The highest BCUT2D eigenvalue weighted by Gasteiger charge is 2.22. The molecule has 0 spiro atoms. The van der Waals surface area contributed by atoms with Gasteiger partial charge in [0.15, 0.2) is 5.13 Å². The molecule has 0 unspecified atom stereocenters. The van der Waals surface area contributed by atoms with Crippen molar-refractivity contribution in [3.8, 4) is 0 Å². The minimum atomic E-state index is -0.0194. The summed E-state index contributed by atoms with van der Waals surface area (Å²) < 4.78 is 1.12. The molecule has 29 heavy (non-hydrogen) atoms. The molecule has 0 bridgehead atoms. The molecule has 0 atom stereocenters. The molecule has 0 saturated heterocycles. The molecule has 0 saturated carbocycles. The van der Waals surface area contributed by atoms with Crippen molar-refractivity contribution >= 4 is 32.6 Å². The molecule has 4 heteroatoms. The van der Waals surface area contributed by atoms with E-state index in [4.69, 9.17) is 4.98 Å². The summed E-state index contributed by atoms with van der Waals surface area (Å²) in [7, 11) is 0. The molecular formula is C25H24N2OS. The highest BCUT2D eigenvalue weighted by Crippen LogP contribution is 2.33. The molecular weight excluding hydrogens is 376 g/mol. The predicted octanol–water partition coefficient (Wildman–Crippen LogP) is 6.32. The van der Waals surface area contributed by atoms with E-state index in [1.54, 1.807) is 11.3 Å². The van der Waals surface area contributed by atoms with Crippen LogP contribution >= 0.6 is 11.3 Å². The number of amides is 1. The Balaban J connectivity index is 1.80. The van der Waals surface area contributed by atoms with Crippen LogP contribution < -0.4 is 4.90 Å². The van der Waals surface area contributed by atoms with Crippen molar-refractivity contribution in [1.82, 2.24) is 4.98 Å². The molecule has 0 aliphatic heterocycles. The van der Waals surface area contributed by atoms with Crippen LogP contribution in [0, 0.1) is 13.8 Å². The van der Waals surface area contributed by atoms with E-state index < -0.39 is 0 Å². The lowest BCUT2D eigenvalue weighted by Gasteiger charge is -2.20. The molecule has 0 N–H and O–H groups in total. The second-order valence-corrected chi connectivity index (χ2v) is 8.30. The fourth-order valence-electron chi connectivity index (χ4n) is 3.42. The summed E-state index contributed by atoms with van der Waals surface area (Å²) in [4.78, 5) is 20.2. The molecule has 0 fully saturated rings. The van der Waals surface area contributed by atoms with Crippen LogP contribution in [-0.4, -0.2) is 10.9 Å². The zero-order chi connectivity index (χ0) is 20.4. The van der Waals surface area contributed by atoms with E-state index in [0.29, 0.717) is 12.1 Å².